The minimum Gasteiger partial charge on any atom is -0.326 e. The molecule has 0 spiro atoms. The molecule has 2 rings (SSSR count). The van der Waals surface area contributed by atoms with Crippen LogP contribution in [0.1, 0.15) is 13.8 Å². The van der Waals surface area contributed by atoms with Crippen LogP contribution in [-0.4, -0.2) is 26.3 Å². The number of thiophene rings is 1. The summed E-state index contributed by atoms with van der Waals surface area (Å²) in [5.41, 5.74) is 1.10. The van der Waals surface area contributed by atoms with E-state index >= 15 is 0 Å². The molecule has 1 aromatic carbocycles. The molecular formula is C15H17N3O4S2. The molecule has 0 bridgehead atoms. The van der Waals surface area contributed by atoms with Crippen LogP contribution in [0.4, 0.5) is 11.4 Å². The molecule has 0 radical (unpaired) electrons. The Morgan fingerprint density at radius 1 is 1.04 bits per heavy atom. The van der Waals surface area contributed by atoms with Crippen LogP contribution < -0.4 is 15.4 Å². The van der Waals surface area contributed by atoms with Crippen LogP contribution >= 0.6 is 11.3 Å². The van der Waals surface area contributed by atoms with Gasteiger partial charge in [-0.3, -0.25) is 9.59 Å². The number of sulfonamides is 1. The highest BCUT2D eigenvalue weighted by atomic mass is 32.2. The van der Waals surface area contributed by atoms with Gasteiger partial charge in [0.1, 0.15) is 4.21 Å². The van der Waals surface area contributed by atoms with Crippen molar-refractivity contribution in [3.63, 3.8) is 0 Å². The molecule has 9 heteroatoms. The number of carbonyl (C=O) groups is 2. The minimum atomic E-state index is -3.71. The Kier molecular flexibility index (Phi) is 5.71. The van der Waals surface area contributed by atoms with Crippen LogP contribution in [0.5, 0.6) is 0 Å². The van der Waals surface area contributed by atoms with Crippen molar-refractivity contribution in [3.8, 4) is 0 Å². The first-order valence-electron chi connectivity index (χ1n) is 7.02. The Hall–Kier alpha value is -2.23. The smallest absolute Gasteiger partial charge is 0.250 e. The summed E-state index contributed by atoms with van der Waals surface area (Å²) in [4.78, 5) is 23.1. The SMILES string of the molecule is CC(=O)Nc1ccc(NC(=O)C(C)NS(=O)(=O)c2cccs2)cc1. The molecule has 0 aliphatic heterocycles. The Morgan fingerprint density at radius 3 is 2.12 bits per heavy atom. The standard InChI is InChI=1S/C15H17N3O4S2/c1-10(18-24(21,22)14-4-3-9-23-14)15(20)17-13-7-5-12(6-8-13)16-11(2)19/h3-10,18H,1-2H3,(H,16,19)(H,17,20). The third-order valence-corrected chi connectivity index (χ3v) is 5.90. The summed E-state index contributed by atoms with van der Waals surface area (Å²) in [6.45, 7) is 2.86. The van der Waals surface area contributed by atoms with Crippen LogP contribution in [0, 0.1) is 0 Å². The molecule has 1 atom stereocenters. The van der Waals surface area contributed by atoms with Crippen LogP contribution in [-0.2, 0) is 19.6 Å². The van der Waals surface area contributed by atoms with Gasteiger partial charge in [0.15, 0.2) is 0 Å². The zero-order chi connectivity index (χ0) is 17.7. The van der Waals surface area contributed by atoms with Gasteiger partial charge >= 0.3 is 0 Å². The summed E-state index contributed by atoms with van der Waals surface area (Å²) in [6.07, 6.45) is 0. The predicted octanol–water partition coefficient (Wildman–Crippen LogP) is 2.01. The van der Waals surface area contributed by atoms with Gasteiger partial charge in [0.2, 0.25) is 11.8 Å². The van der Waals surface area contributed by atoms with E-state index in [-0.39, 0.29) is 10.1 Å². The summed E-state index contributed by atoms with van der Waals surface area (Å²) in [5, 5.41) is 6.88. The molecular weight excluding hydrogens is 350 g/mol. The van der Waals surface area contributed by atoms with Gasteiger partial charge in [-0.25, -0.2) is 8.42 Å². The van der Waals surface area contributed by atoms with Gasteiger partial charge in [-0.1, -0.05) is 6.07 Å². The van der Waals surface area contributed by atoms with Crippen LogP contribution in [0.25, 0.3) is 0 Å². The van der Waals surface area contributed by atoms with E-state index in [2.05, 4.69) is 15.4 Å². The number of anilines is 2. The molecule has 1 heterocycles. The highest BCUT2D eigenvalue weighted by Crippen LogP contribution is 2.17. The van der Waals surface area contributed by atoms with Gasteiger partial charge in [0.25, 0.3) is 10.0 Å². The number of benzene rings is 1. The maximum atomic E-state index is 12.1. The summed E-state index contributed by atoms with van der Waals surface area (Å²) < 4.78 is 26.7. The lowest BCUT2D eigenvalue weighted by molar-refractivity contribution is -0.117. The fraction of sp³-hybridized carbons (Fsp3) is 0.200. The molecule has 0 aliphatic carbocycles. The molecule has 0 saturated carbocycles. The molecule has 1 unspecified atom stereocenters. The topological polar surface area (TPSA) is 104 Å². The van der Waals surface area contributed by atoms with Crippen LogP contribution in [0.2, 0.25) is 0 Å². The predicted molar refractivity (Wildman–Crippen MR) is 93.5 cm³/mol. The largest absolute Gasteiger partial charge is 0.326 e. The third kappa shape index (κ3) is 4.88. The molecule has 128 valence electrons. The Labute approximate surface area is 144 Å². The Morgan fingerprint density at radius 2 is 1.62 bits per heavy atom. The van der Waals surface area contributed by atoms with Gasteiger partial charge in [0.05, 0.1) is 6.04 Å². The van der Waals surface area contributed by atoms with Crippen molar-refractivity contribution in [2.45, 2.75) is 24.1 Å². The second kappa shape index (κ2) is 7.56. The number of nitrogens with one attached hydrogen (secondary N) is 3. The van der Waals surface area contributed by atoms with E-state index in [0.717, 1.165) is 11.3 Å². The van der Waals surface area contributed by atoms with Gasteiger partial charge in [0, 0.05) is 18.3 Å². The quantitative estimate of drug-likeness (QED) is 0.726. The number of amides is 2. The fourth-order valence-corrected chi connectivity index (χ4v) is 4.06. The second-order valence-corrected chi connectivity index (χ2v) is 7.91. The van der Waals surface area contributed by atoms with E-state index in [1.807, 2.05) is 0 Å². The average Bonchev–Trinajstić information content (AvgIpc) is 3.03. The van der Waals surface area contributed by atoms with Crippen molar-refractivity contribution in [2.24, 2.45) is 0 Å². The molecule has 1 aromatic heterocycles. The van der Waals surface area contributed by atoms with Crippen molar-refractivity contribution in [3.05, 3.63) is 41.8 Å². The molecule has 0 fully saturated rings. The zero-order valence-electron chi connectivity index (χ0n) is 13.1. The molecule has 2 aromatic rings. The van der Waals surface area contributed by atoms with Gasteiger partial charge in [-0.2, -0.15) is 4.72 Å². The maximum Gasteiger partial charge on any atom is 0.250 e. The number of rotatable bonds is 6. The van der Waals surface area contributed by atoms with E-state index in [4.69, 9.17) is 0 Å². The van der Waals surface area contributed by atoms with Gasteiger partial charge < -0.3 is 10.6 Å². The normalized spacial score (nSPS) is 12.4. The first kappa shape index (κ1) is 18.1. The Bertz CT molecular complexity index is 815. The second-order valence-electron chi connectivity index (χ2n) is 5.02. The molecule has 3 N–H and O–H groups in total. The highest BCUT2D eigenvalue weighted by molar-refractivity contribution is 7.91. The molecule has 2 amide bonds. The highest BCUT2D eigenvalue weighted by Gasteiger charge is 2.22. The Balaban J connectivity index is 1.97. The zero-order valence-corrected chi connectivity index (χ0v) is 14.7. The average molecular weight is 367 g/mol. The lowest BCUT2D eigenvalue weighted by Gasteiger charge is -2.14. The first-order chi connectivity index (χ1) is 11.3. The summed E-state index contributed by atoms with van der Waals surface area (Å²) in [6, 6.07) is 8.66. The number of hydrogen-bond donors (Lipinski definition) is 3. The fourth-order valence-electron chi connectivity index (χ4n) is 1.85. The first-order valence-corrected chi connectivity index (χ1v) is 9.38. The molecule has 7 nitrogen and oxygen atoms in total. The van der Waals surface area contributed by atoms with Crippen molar-refractivity contribution < 1.29 is 18.0 Å². The molecule has 24 heavy (non-hydrogen) atoms. The lowest BCUT2D eigenvalue weighted by atomic mass is 10.2. The monoisotopic (exact) mass is 367 g/mol. The van der Waals surface area contributed by atoms with E-state index in [9.17, 15) is 18.0 Å². The lowest BCUT2D eigenvalue weighted by Crippen LogP contribution is -2.41. The summed E-state index contributed by atoms with van der Waals surface area (Å²) in [7, 11) is -3.71. The van der Waals surface area contributed by atoms with Gasteiger partial charge in [-0.15, -0.1) is 11.3 Å². The van der Waals surface area contributed by atoms with Crippen LogP contribution in [0.15, 0.2) is 46.0 Å². The summed E-state index contributed by atoms with van der Waals surface area (Å²) >= 11 is 1.08. The maximum absolute atomic E-state index is 12.1. The van der Waals surface area contributed by atoms with Crippen molar-refractivity contribution in [2.75, 3.05) is 10.6 Å². The van der Waals surface area contributed by atoms with E-state index < -0.39 is 22.0 Å². The van der Waals surface area contributed by atoms with Crippen LogP contribution in [0.3, 0.4) is 0 Å². The third-order valence-electron chi connectivity index (χ3n) is 2.96. The number of carbonyl (C=O) groups excluding carboxylic acids is 2. The van der Waals surface area contributed by atoms with E-state index in [1.54, 1.807) is 35.7 Å². The van der Waals surface area contributed by atoms with Crippen molar-refractivity contribution in [1.29, 1.82) is 0 Å². The summed E-state index contributed by atoms with van der Waals surface area (Å²) in [5.74, 6) is -0.675. The molecule has 0 saturated heterocycles. The van der Waals surface area contributed by atoms with Crippen molar-refractivity contribution >= 4 is 44.5 Å². The van der Waals surface area contributed by atoms with E-state index in [0.29, 0.717) is 11.4 Å². The van der Waals surface area contributed by atoms with E-state index in [1.165, 1.54) is 19.9 Å². The van der Waals surface area contributed by atoms with Gasteiger partial charge in [-0.05, 0) is 42.6 Å². The minimum absolute atomic E-state index is 0.154. The molecule has 0 aliphatic rings. The van der Waals surface area contributed by atoms with Crippen molar-refractivity contribution in [1.82, 2.24) is 4.72 Å². The number of hydrogen-bond acceptors (Lipinski definition) is 5.